The number of nitrogens with zero attached hydrogens (tertiary/aromatic N) is 2. The number of nitrogens with one attached hydrogen (secondary N) is 4. The summed E-state index contributed by atoms with van der Waals surface area (Å²) in [6, 6.07) is 18.4. The second-order valence-electron chi connectivity index (χ2n) is 13.2. The Hall–Kier alpha value is -6.65. The summed E-state index contributed by atoms with van der Waals surface area (Å²) in [5.74, 6) is -3.27. The molecule has 0 bridgehead atoms. The van der Waals surface area contributed by atoms with Crippen molar-refractivity contribution in [1.82, 2.24) is 25.8 Å². The van der Waals surface area contributed by atoms with Crippen LogP contribution in [0.1, 0.15) is 42.9 Å². The summed E-state index contributed by atoms with van der Waals surface area (Å²) in [6.07, 6.45) is -2.98. The van der Waals surface area contributed by atoms with E-state index in [9.17, 15) is 33.6 Å². The molecule has 7 amide bonds. The molecule has 0 spiro atoms. The molecule has 290 valence electrons. The van der Waals surface area contributed by atoms with Gasteiger partial charge in [-0.25, -0.2) is 14.4 Å². The van der Waals surface area contributed by atoms with Gasteiger partial charge in [-0.05, 0) is 53.8 Å². The average molecular weight is 758 g/mol. The molecule has 1 aliphatic carbocycles. The molecule has 17 nitrogen and oxygen atoms in total. The number of hydrogen-bond donors (Lipinski definition) is 6. The van der Waals surface area contributed by atoms with Crippen LogP contribution in [0.2, 0.25) is 0 Å². The number of nitrogens with two attached hydrogens (primary N) is 1. The zero-order valence-electron chi connectivity index (χ0n) is 30.3. The Labute approximate surface area is 316 Å². The number of alkyl carbamates (subject to hydrolysis) is 1. The number of benzene rings is 3. The van der Waals surface area contributed by atoms with Crippen molar-refractivity contribution in [2.45, 2.75) is 50.9 Å². The average Bonchev–Trinajstić information content (AvgIpc) is 3.49. The third-order valence-electron chi connectivity index (χ3n) is 9.25. The summed E-state index contributed by atoms with van der Waals surface area (Å²) >= 11 is 0. The fraction of sp³-hybridized carbons (Fsp3) is 0.342. The van der Waals surface area contributed by atoms with Gasteiger partial charge in [0.25, 0.3) is 0 Å². The molecule has 2 aliphatic rings. The second-order valence-corrected chi connectivity index (χ2v) is 13.2. The molecule has 0 saturated carbocycles. The summed E-state index contributed by atoms with van der Waals surface area (Å²) in [5, 5.41) is 19.0. The van der Waals surface area contributed by atoms with Gasteiger partial charge in [0.05, 0.1) is 6.42 Å². The van der Waals surface area contributed by atoms with Gasteiger partial charge in [-0.15, -0.1) is 0 Å². The van der Waals surface area contributed by atoms with Crippen LogP contribution in [0.3, 0.4) is 0 Å². The van der Waals surface area contributed by atoms with Crippen LogP contribution in [-0.4, -0.2) is 108 Å². The number of carbonyl (C=O) groups excluding carboxylic acids is 6. The van der Waals surface area contributed by atoms with Crippen LogP contribution in [0.5, 0.6) is 0 Å². The molecule has 0 aromatic heterocycles. The van der Waals surface area contributed by atoms with E-state index in [0.717, 1.165) is 22.3 Å². The number of amides is 7. The molecule has 1 heterocycles. The predicted octanol–water partition coefficient (Wildman–Crippen LogP) is 2.35. The maximum Gasteiger partial charge on any atom is 0.410 e. The van der Waals surface area contributed by atoms with E-state index in [4.69, 9.17) is 20.3 Å². The van der Waals surface area contributed by atoms with Crippen molar-refractivity contribution in [1.29, 1.82) is 0 Å². The molecule has 55 heavy (non-hydrogen) atoms. The highest BCUT2D eigenvalue weighted by atomic mass is 16.6. The molecule has 0 unspecified atom stereocenters. The Morgan fingerprint density at radius 3 is 1.85 bits per heavy atom. The standard InChI is InChI=1S/C38H43N7O10/c1-22(40-33(47)23(2)41-36(50)54-21-30-28-9-5-3-7-26(28)27-8-4-6-10-29(27)30)34(48)43-31(19-32(39)46)35(49)42-25-13-11-24(12-14-25)20-55-38(53)45-17-15-44(16-18-45)37(51)52/h3-14,22-23,30-31H,15-21H2,1-2H3,(H2,39,46)(H,40,47)(H,41,50)(H,42,49)(H,43,48)(H,51,52)/t22-,23-,31-/m0/s1. The molecule has 1 fully saturated rings. The van der Waals surface area contributed by atoms with E-state index in [-0.39, 0.29) is 45.3 Å². The summed E-state index contributed by atoms with van der Waals surface area (Å²) in [5.41, 5.74) is 10.5. The van der Waals surface area contributed by atoms with Crippen LogP contribution < -0.4 is 27.0 Å². The highest BCUT2D eigenvalue weighted by molar-refractivity contribution is 6.00. The van der Waals surface area contributed by atoms with Gasteiger partial charge in [0, 0.05) is 37.8 Å². The maximum absolute atomic E-state index is 13.1. The highest BCUT2D eigenvalue weighted by Crippen LogP contribution is 2.44. The summed E-state index contributed by atoms with van der Waals surface area (Å²) < 4.78 is 10.8. The van der Waals surface area contributed by atoms with E-state index < -0.39 is 66.5 Å². The Kier molecular flexibility index (Phi) is 12.9. The number of anilines is 1. The normalized spacial score (nSPS) is 14.9. The number of hydrogen-bond acceptors (Lipinski definition) is 9. The first-order valence-electron chi connectivity index (χ1n) is 17.6. The van der Waals surface area contributed by atoms with Crippen LogP contribution in [0, 0.1) is 0 Å². The minimum absolute atomic E-state index is 0.0483. The van der Waals surface area contributed by atoms with Gasteiger partial charge < -0.3 is 51.4 Å². The predicted molar refractivity (Wildman–Crippen MR) is 197 cm³/mol. The topological polar surface area (TPSA) is 239 Å². The Balaban J connectivity index is 1.06. The van der Waals surface area contributed by atoms with Crippen LogP contribution in [0.15, 0.2) is 72.8 Å². The summed E-state index contributed by atoms with van der Waals surface area (Å²) in [4.78, 5) is 89.5. The van der Waals surface area contributed by atoms with Crippen LogP contribution in [0.4, 0.5) is 20.1 Å². The van der Waals surface area contributed by atoms with Gasteiger partial charge in [-0.2, -0.15) is 0 Å². The molecular weight excluding hydrogens is 714 g/mol. The van der Waals surface area contributed by atoms with E-state index in [2.05, 4.69) is 21.3 Å². The van der Waals surface area contributed by atoms with Crippen molar-refractivity contribution < 1.29 is 48.1 Å². The number of carbonyl (C=O) groups is 7. The number of primary amides is 1. The van der Waals surface area contributed by atoms with Crippen molar-refractivity contribution in [3.63, 3.8) is 0 Å². The summed E-state index contributed by atoms with van der Waals surface area (Å²) in [6.45, 7) is 3.56. The molecule has 17 heteroatoms. The number of piperazine rings is 1. The Morgan fingerprint density at radius 1 is 0.727 bits per heavy atom. The van der Waals surface area contributed by atoms with Crippen molar-refractivity contribution in [2.75, 3.05) is 38.1 Å². The Morgan fingerprint density at radius 2 is 1.27 bits per heavy atom. The molecule has 7 N–H and O–H groups in total. The van der Waals surface area contributed by atoms with E-state index >= 15 is 0 Å². The molecule has 3 atom stereocenters. The second kappa shape index (κ2) is 17.9. The zero-order valence-corrected chi connectivity index (χ0v) is 30.3. The SMILES string of the molecule is C[C@H](NC(=O)OCC1c2ccccc2-c2ccccc21)C(=O)N[C@@H](C)C(=O)N[C@@H](CC(N)=O)C(=O)Nc1ccc(COC(=O)N2CCN(C(=O)O)CC2)cc1. The largest absolute Gasteiger partial charge is 0.465 e. The smallest absolute Gasteiger partial charge is 0.410 e. The highest BCUT2D eigenvalue weighted by Gasteiger charge is 2.31. The first-order chi connectivity index (χ1) is 26.3. The number of carboxylic acid groups (broad SMARTS) is 1. The van der Waals surface area contributed by atoms with E-state index in [0.29, 0.717) is 11.3 Å². The molecule has 5 rings (SSSR count). The first-order valence-corrected chi connectivity index (χ1v) is 17.6. The van der Waals surface area contributed by atoms with Crippen molar-refractivity contribution in [3.8, 4) is 11.1 Å². The van der Waals surface area contributed by atoms with Crippen LogP contribution >= 0.6 is 0 Å². The zero-order chi connectivity index (χ0) is 39.6. The van der Waals surface area contributed by atoms with Crippen LogP contribution in [0.25, 0.3) is 11.1 Å². The van der Waals surface area contributed by atoms with E-state index in [1.54, 1.807) is 12.1 Å². The molecule has 3 aromatic carbocycles. The lowest BCUT2D eigenvalue weighted by molar-refractivity contribution is -0.132. The monoisotopic (exact) mass is 757 g/mol. The molecule has 1 aliphatic heterocycles. The Bertz CT molecular complexity index is 1880. The van der Waals surface area contributed by atoms with Gasteiger partial charge in [0.2, 0.25) is 23.6 Å². The molecule has 1 saturated heterocycles. The fourth-order valence-electron chi connectivity index (χ4n) is 6.22. The molecule has 3 aromatic rings. The fourth-order valence-corrected chi connectivity index (χ4v) is 6.22. The number of fused-ring (bicyclic) bond motifs is 3. The summed E-state index contributed by atoms with van der Waals surface area (Å²) in [7, 11) is 0. The van der Waals surface area contributed by atoms with Gasteiger partial charge in [0.1, 0.15) is 31.3 Å². The lowest BCUT2D eigenvalue weighted by Crippen LogP contribution is -2.55. The van der Waals surface area contributed by atoms with Gasteiger partial charge in [0.15, 0.2) is 0 Å². The van der Waals surface area contributed by atoms with E-state index in [1.165, 1.54) is 35.8 Å². The van der Waals surface area contributed by atoms with Gasteiger partial charge in [-0.1, -0.05) is 60.7 Å². The van der Waals surface area contributed by atoms with Crippen molar-refractivity contribution >= 4 is 47.6 Å². The number of rotatable bonds is 13. The van der Waals surface area contributed by atoms with Crippen LogP contribution in [-0.2, 0) is 35.3 Å². The first kappa shape index (κ1) is 39.6. The quantitative estimate of drug-likeness (QED) is 0.149. The third-order valence-corrected chi connectivity index (χ3v) is 9.25. The lowest BCUT2D eigenvalue weighted by Gasteiger charge is -2.32. The van der Waals surface area contributed by atoms with Crippen molar-refractivity contribution in [3.05, 3.63) is 89.5 Å². The number of ether oxygens (including phenoxy) is 2. The maximum atomic E-state index is 13.1. The van der Waals surface area contributed by atoms with Gasteiger partial charge in [-0.3, -0.25) is 19.2 Å². The lowest BCUT2D eigenvalue weighted by atomic mass is 9.98. The minimum atomic E-state index is -1.39. The molecular formula is C38H43N7O10. The van der Waals surface area contributed by atoms with Gasteiger partial charge >= 0.3 is 18.3 Å². The minimum Gasteiger partial charge on any atom is -0.465 e. The van der Waals surface area contributed by atoms with Crippen molar-refractivity contribution in [2.24, 2.45) is 5.73 Å². The van der Waals surface area contributed by atoms with E-state index in [1.807, 2.05) is 48.5 Å². The molecule has 0 radical (unpaired) electrons. The third kappa shape index (κ3) is 10.3.